The number of amides is 3. The maximum atomic E-state index is 12.6. The third kappa shape index (κ3) is 4.60. The summed E-state index contributed by atoms with van der Waals surface area (Å²) in [5, 5.41) is 7.43. The van der Waals surface area contributed by atoms with Gasteiger partial charge in [-0.2, -0.15) is 0 Å². The maximum absolute atomic E-state index is 12.6. The van der Waals surface area contributed by atoms with Gasteiger partial charge in [-0.1, -0.05) is 13.8 Å². The molecular weight excluding hydrogens is 354 g/mol. The van der Waals surface area contributed by atoms with E-state index in [0.29, 0.717) is 16.3 Å². The van der Waals surface area contributed by atoms with Gasteiger partial charge in [-0.25, -0.2) is 0 Å². The standard InChI is InChI=1S/C18H21N3O4S/c1-10(2)14(17(24)21-18-13(15(19)22)8-9-26-18)20-16(23)11-4-6-12(25-3)7-5-11/h4-10,14H,1-3H3,(H2,19,22)(H,20,23)(H,21,24)/t14-/m0/s1. The van der Waals surface area contributed by atoms with E-state index in [1.165, 1.54) is 11.3 Å². The second-order valence-electron chi connectivity index (χ2n) is 5.94. The molecule has 1 aromatic heterocycles. The summed E-state index contributed by atoms with van der Waals surface area (Å²) in [7, 11) is 1.54. The van der Waals surface area contributed by atoms with Crippen LogP contribution in [0.25, 0.3) is 0 Å². The van der Waals surface area contributed by atoms with Gasteiger partial charge in [0.25, 0.3) is 11.8 Å². The Kier molecular flexibility index (Phi) is 6.35. The van der Waals surface area contributed by atoms with E-state index < -0.39 is 17.9 Å². The molecule has 2 aromatic rings. The van der Waals surface area contributed by atoms with Crippen molar-refractivity contribution < 1.29 is 19.1 Å². The summed E-state index contributed by atoms with van der Waals surface area (Å²) in [5.41, 5.74) is 5.95. The molecule has 0 bridgehead atoms. The molecule has 0 aliphatic carbocycles. The molecule has 8 heteroatoms. The lowest BCUT2D eigenvalue weighted by Crippen LogP contribution is -2.47. The first kappa shape index (κ1) is 19.5. The molecule has 0 radical (unpaired) electrons. The van der Waals surface area contributed by atoms with Crippen LogP contribution in [0, 0.1) is 5.92 Å². The summed E-state index contributed by atoms with van der Waals surface area (Å²) in [5.74, 6) is -0.926. The number of carbonyl (C=O) groups is 3. The summed E-state index contributed by atoms with van der Waals surface area (Å²) >= 11 is 1.20. The number of thiophene rings is 1. The summed E-state index contributed by atoms with van der Waals surface area (Å²) in [6.45, 7) is 3.64. The fraction of sp³-hybridized carbons (Fsp3) is 0.278. The number of hydrogen-bond acceptors (Lipinski definition) is 5. The third-order valence-electron chi connectivity index (χ3n) is 3.76. The molecule has 7 nitrogen and oxygen atoms in total. The normalized spacial score (nSPS) is 11.7. The first-order valence-corrected chi connectivity index (χ1v) is 8.84. The van der Waals surface area contributed by atoms with Crippen LogP contribution in [-0.2, 0) is 4.79 Å². The number of anilines is 1. The smallest absolute Gasteiger partial charge is 0.251 e. The topological polar surface area (TPSA) is 111 Å². The molecule has 0 unspecified atom stereocenters. The van der Waals surface area contributed by atoms with Crippen molar-refractivity contribution in [2.24, 2.45) is 11.7 Å². The third-order valence-corrected chi connectivity index (χ3v) is 4.59. The highest BCUT2D eigenvalue weighted by Gasteiger charge is 2.26. The van der Waals surface area contributed by atoms with Crippen LogP contribution >= 0.6 is 11.3 Å². The molecule has 3 amide bonds. The Morgan fingerprint density at radius 1 is 1.12 bits per heavy atom. The molecule has 0 aliphatic rings. The number of rotatable bonds is 7. The average Bonchev–Trinajstić information content (AvgIpc) is 3.07. The number of methoxy groups -OCH3 is 1. The minimum absolute atomic E-state index is 0.158. The van der Waals surface area contributed by atoms with Crippen LogP contribution in [0.3, 0.4) is 0 Å². The first-order valence-electron chi connectivity index (χ1n) is 7.96. The molecule has 0 spiro atoms. The van der Waals surface area contributed by atoms with Gasteiger partial charge in [-0.3, -0.25) is 14.4 Å². The monoisotopic (exact) mass is 375 g/mol. The lowest BCUT2D eigenvalue weighted by molar-refractivity contribution is -0.118. The SMILES string of the molecule is COc1ccc(C(=O)N[C@H](C(=O)Nc2sccc2C(N)=O)C(C)C)cc1. The summed E-state index contributed by atoms with van der Waals surface area (Å²) < 4.78 is 5.06. The largest absolute Gasteiger partial charge is 0.497 e. The van der Waals surface area contributed by atoms with Crippen molar-refractivity contribution in [2.75, 3.05) is 12.4 Å². The van der Waals surface area contributed by atoms with Crippen molar-refractivity contribution in [1.29, 1.82) is 0 Å². The molecule has 138 valence electrons. The molecule has 4 N–H and O–H groups in total. The van der Waals surface area contributed by atoms with Gasteiger partial charge in [0.1, 0.15) is 16.8 Å². The molecule has 0 aliphatic heterocycles. The number of nitrogens with two attached hydrogens (primary N) is 1. The van der Waals surface area contributed by atoms with Crippen molar-refractivity contribution in [3.05, 3.63) is 46.8 Å². The van der Waals surface area contributed by atoms with Gasteiger partial charge in [0, 0.05) is 5.56 Å². The van der Waals surface area contributed by atoms with Gasteiger partial charge in [0.15, 0.2) is 0 Å². The van der Waals surface area contributed by atoms with Crippen molar-refractivity contribution >= 4 is 34.1 Å². The molecule has 1 atom stereocenters. The number of ether oxygens (including phenoxy) is 1. The van der Waals surface area contributed by atoms with Gasteiger partial charge in [0.2, 0.25) is 5.91 Å². The summed E-state index contributed by atoms with van der Waals surface area (Å²) in [6, 6.07) is 7.35. The van der Waals surface area contributed by atoms with E-state index >= 15 is 0 Å². The van der Waals surface area contributed by atoms with Crippen LogP contribution in [0.2, 0.25) is 0 Å². The molecule has 0 fully saturated rings. The minimum atomic E-state index is -0.771. The Bertz CT molecular complexity index is 799. The van der Waals surface area contributed by atoms with Crippen LogP contribution in [0.5, 0.6) is 5.75 Å². The van der Waals surface area contributed by atoms with Crippen molar-refractivity contribution in [3.63, 3.8) is 0 Å². The number of primary amides is 1. The second kappa shape index (κ2) is 8.48. The molecule has 0 saturated carbocycles. The van der Waals surface area contributed by atoms with Gasteiger partial charge >= 0.3 is 0 Å². The number of hydrogen-bond donors (Lipinski definition) is 3. The minimum Gasteiger partial charge on any atom is -0.497 e. The highest BCUT2D eigenvalue weighted by atomic mass is 32.1. The van der Waals surface area contributed by atoms with Crippen LogP contribution in [-0.4, -0.2) is 30.9 Å². The zero-order valence-corrected chi connectivity index (χ0v) is 15.6. The van der Waals surface area contributed by atoms with E-state index in [1.54, 1.807) is 42.8 Å². The number of nitrogens with one attached hydrogen (secondary N) is 2. The van der Waals surface area contributed by atoms with E-state index in [2.05, 4.69) is 10.6 Å². The van der Waals surface area contributed by atoms with Crippen molar-refractivity contribution in [2.45, 2.75) is 19.9 Å². The van der Waals surface area contributed by atoms with E-state index in [4.69, 9.17) is 10.5 Å². The van der Waals surface area contributed by atoms with Crippen molar-refractivity contribution in [1.82, 2.24) is 5.32 Å². The molecule has 0 saturated heterocycles. The van der Waals surface area contributed by atoms with Crippen LogP contribution in [0.1, 0.15) is 34.6 Å². The van der Waals surface area contributed by atoms with E-state index in [-0.39, 0.29) is 17.4 Å². The molecular formula is C18H21N3O4S. The number of benzene rings is 1. The molecule has 2 rings (SSSR count). The Morgan fingerprint density at radius 2 is 1.77 bits per heavy atom. The Morgan fingerprint density at radius 3 is 2.31 bits per heavy atom. The number of carbonyl (C=O) groups excluding carboxylic acids is 3. The van der Waals surface area contributed by atoms with Crippen LogP contribution < -0.4 is 21.1 Å². The fourth-order valence-corrected chi connectivity index (χ4v) is 3.09. The molecule has 26 heavy (non-hydrogen) atoms. The van der Waals surface area contributed by atoms with Crippen molar-refractivity contribution in [3.8, 4) is 5.75 Å². The zero-order chi connectivity index (χ0) is 19.3. The van der Waals surface area contributed by atoms with E-state index in [0.717, 1.165) is 0 Å². The Labute approximate surface area is 155 Å². The molecule has 1 heterocycles. The van der Waals surface area contributed by atoms with Gasteiger partial charge < -0.3 is 21.1 Å². The predicted molar refractivity (Wildman–Crippen MR) is 101 cm³/mol. The van der Waals surface area contributed by atoms with E-state index in [9.17, 15) is 14.4 Å². The summed E-state index contributed by atoms with van der Waals surface area (Å²) in [4.78, 5) is 36.4. The average molecular weight is 375 g/mol. The van der Waals surface area contributed by atoms with Crippen LogP contribution in [0.4, 0.5) is 5.00 Å². The van der Waals surface area contributed by atoms with Gasteiger partial charge in [-0.15, -0.1) is 11.3 Å². The predicted octanol–water partition coefficient (Wildman–Crippen LogP) is 2.25. The van der Waals surface area contributed by atoms with Gasteiger partial charge in [-0.05, 0) is 41.6 Å². The van der Waals surface area contributed by atoms with E-state index in [1.807, 2.05) is 13.8 Å². The first-order chi connectivity index (χ1) is 12.3. The fourth-order valence-electron chi connectivity index (χ4n) is 2.29. The Balaban J connectivity index is 2.11. The zero-order valence-electron chi connectivity index (χ0n) is 14.7. The quantitative estimate of drug-likeness (QED) is 0.689. The highest BCUT2D eigenvalue weighted by Crippen LogP contribution is 2.23. The maximum Gasteiger partial charge on any atom is 0.251 e. The second-order valence-corrected chi connectivity index (χ2v) is 6.86. The lowest BCUT2D eigenvalue weighted by atomic mass is 10.0. The Hall–Kier alpha value is -2.87. The lowest BCUT2D eigenvalue weighted by Gasteiger charge is -2.21. The highest BCUT2D eigenvalue weighted by molar-refractivity contribution is 7.14. The van der Waals surface area contributed by atoms with Crippen LogP contribution in [0.15, 0.2) is 35.7 Å². The van der Waals surface area contributed by atoms with Gasteiger partial charge in [0.05, 0.1) is 12.7 Å². The summed E-state index contributed by atoms with van der Waals surface area (Å²) in [6.07, 6.45) is 0. The molecule has 1 aromatic carbocycles.